The number of imide groups is 1. The molecule has 0 radical (unpaired) electrons. The van der Waals surface area contributed by atoms with Crippen molar-refractivity contribution in [2.45, 2.75) is 33.7 Å². The molecule has 1 atom stereocenters. The number of carbonyl (C=O) groups is 3. The monoisotopic (exact) mass is 423 g/mol. The first-order valence-corrected chi connectivity index (χ1v) is 10.2. The molecular weight excluding hydrogens is 402 g/mol. The lowest BCUT2D eigenvalue weighted by Crippen LogP contribution is -2.42. The van der Waals surface area contributed by atoms with Crippen LogP contribution in [0.2, 0.25) is 0 Å². The molecule has 1 aliphatic heterocycles. The fraction of sp³-hybridized carbons (Fsp3) is 0.273. The van der Waals surface area contributed by atoms with E-state index < -0.39 is 23.2 Å². The van der Waals surface area contributed by atoms with Gasteiger partial charge in [0.05, 0.1) is 23.1 Å². The van der Waals surface area contributed by atoms with Gasteiger partial charge in [-0.05, 0) is 81.4 Å². The van der Waals surface area contributed by atoms with Gasteiger partial charge in [0, 0.05) is 17.1 Å². The van der Waals surface area contributed by atoms with E-state index in [-0.39, 0.29) is 11.5 Å². The molecule has 2 heterocycles. The number of nitriles is 1. The number of nitrogens with zero attached hydrogens (tertiary/aromatic N) is 3. The van der Waals surface area contributed by atoms with Gasteiger partial charge in [-0.3, -0.25) is 14.5 Å². The van der Waals surface area contributed by atoms with Crippen LogP contribution < -0.4 is 0 Å². The predicted octanol–water partition coefficient (Wildman–Crippen LogP) is 3.95. The second-order valence-electron chi connectivity index (χ2n) is 6.80. The van der Waals surface area contributed by atoms with E-state index in [9.17, 15) is 14.4 Å². The van der Waals surface area contributed by atoms with Crippen LogP contribution in [0.25, 0.3) is 11.8 Å². The molecule has 1 fully saturated rings. The van der Waals surface area contributed by atoms with Gasteiger partial charge < -0.3 is 9.30 Å². The Labute approximate surface area is 178 Å². The maximum atomic E-state index is 12.8. The van der Waals surface area contributed by atoms with Crippen molar-refractivity contribution in [2.24, 2.45) is 0 Å². The second-order valence-corrected chi connectivity index (χ2v) is 7.79. The summed E-state index contributed by atoms with van der Waals surface area (Å²) in [4.78, 5) is 38.3. The number of carbonyl (C=O) groups excluding carboxylic acids is 3. The Morgan fingerprint density at radius 2 is 1.93 bits per heavy atom. The number of hydrogen-bond acceptors (Lipinski definition) is 6. The van der Waals surface area contributed by atoms with Crippen LogP contribution in [0.3, 0.4) is 0 Å². The van der Waals surface area contributed by atoms with E-state index in [1.807, 2.05) is 36.6 Å². The van der Waals surface area contributed by atoms with Crippen molar-refractivity contribution in [1.82, 2.24) is 9.47 Å². The average Bonchev–Trinajstić information content (AvgIpc) is 3.16. The number of aromatic nitrogens is 1. The minimum absolute atomic E-state index is 0.177. The molecule has 1 aromatic carbocycles. The Kier molecular flexibility index (Phi) is 6.13. The zero-order valence-electron chi connectivity index (χ0n) is 17.1. The second kappa shape index (κ2) is 8.59. The summed E-state index contributed by atoms with van der Waals surface area (Å²) in [5.41, 5.74) is 4.11. The third kappa shape index (κ3) is 3.89. The standard InChI is InChI=1S/C22H21N3O4S/c1-5-29-21(27)15(4)25-20(26)19(30-22(25)28)11-17-10-13(2)24(14(17)3)18-8-6-16(12-23)7-9-18/h6-11,15H,5H2,1-4H3/b19-11+/t15-/m0/s1. The van der Waals surface area contributed by atoms with Crippen LogP contribution in [0.4, 0.5) is 4.79 Å². The average molecular weight is 423 g/mol. The van der Waals surface area contributed by atoms with Gasteiger partial charge in [0.15, 0.2) is 0 Å². The van der Waals surface area contributed by atoms with Gasteiger partial charge in [-0.1, -0.05) is 0 Å². The number of esters is 1. The normalized spacial score (nSPS) is 16.1. The highest BCUT2D eigenvalue weighted by molar-refractivity contribution is 8.18. The first-order valence-electron chi connectivity index (χ1n) is 9.41. The lowest BCUT2D eigenvalue weighted by atomic mass is 10.2. The molecule has 3 rings (SSSR count). The molecule has 1 aromatic heterocycles. The van der Waals surface area contributed by atoms with Crippen LogP contribution in [-0.4, -0.2) is 39.2 Å². The molecule has 2 aromatic rings. The molecule has 1 aliphatic rings. The molecule has 154 valence electrons. The van der Waals surface area contributed by atoms with Gasteiger partial charge >= 0.3 is 5.97 Å². The van der Waals surface area contributed by atoms with Gasteiger partial charge in [0.1, 0.15) is 6.04 Å². The fourth-order valence-corrected chi connectivity index (χ4v) is 4.24. The van der Waals surface area contributed by atoms with Crippen molar-refractivity contribution in [3.8, 4) is 11.8 Å². The maximum Gasteiger partial charge on any atom is 0.329 e. The van der Waals surface area contributed by atoms with E-state index in [2.05, 4.69) is 6.07 Å². The lowest BCUT2D eigenvalue weighted by molar-refractivity contribution is -0.150. The number of amides is 2. The van der Waals surface area contributed by atoms with Gasteiger partial charge in [-0.15, -0.1) is 0 Å². The Balaban J connectivity index is 1.92. The van der Waals surface area contributed by atoms with Crippen molar-refractivity contribution < 1.29 is 19.1 Å². The Morgan fingerprint density at radius 1 is 1.27 bits per heavy atom. The molecule has 2 amide bonds. The van der Waals surface area contributed by atoms with E-state index in [4.69, 9.17) is 10.00 Å². The molecule has 0 N–H and O–H groups in total. The van der Waals surface area contributed by atoms with E-state index >= 15 is 0 Å². The molecule has 8 heteroatoms. The fourth-order valence-electron chi connectivity index (χ4n) is 3.34. The predicted molar refractivity (Wildman–Crippen MR) is 114 cm³/mol. The summed E-state index contributed by atoms with van der Waals surface area (Å²) in [7, 11) is 0. The highest BCUT2D eigenvalue weighted by Crippen LogP contribution is 2.35. The van der Waals surface area contributed by atoms with E-state index in [0.717, 1.165) is 39.3 Å². The quantitative estimate of drug-likeness (QED) is 0.534. The van der Waals surface area contributed by atoms with E-state index in [1.54, 1.807) is 25.1 Å². The van der Waals surface area contributed by atoms with Gasteiger partial charge in [0.2, 0.25) is 0 Å². The van der Waals surface area contributed by atoms with Crippen molar-refractivity contribution in [2.75, 3.05) is 6.61 Å². The number of benzene rings is 1. The summed E-state index contributed by atoms with van der Waals surface area (Å²) in [6.45, 7) is 7.19. The molecular formula is C22H21N3O4S. The van der Waals surface area contributed by atoms with Crippen LogP contribution >= 0.6 is 11.8 Å². The molecule has 1 saturated heterocycles. The number of thioether (sulfide) groups is 1. The topological polar surface area (TPSA) is 92.4 Å². The van der Waals surface area contributed by atoms with Crippen LogP contribution in [0, 0.1) is 25.2 Å². The SMILES string of the molecule is CCOC(=O)[C@H](C)N1C(=O)S/C(=C/c2cc(C)n(-c3ccc(C#N)cc3)c2C)C1=O. The first-order chi connectivity index (χ1) is 14.3. The first kappa shape index (κ1) is 21.4. The number of ether oxygens (including phenoxy) is 1. The zero-order chi connectivity index (χ0) is 22.0. The van der Waals surface area contributed by atoms with Crippen molar-refractivity contribution in [3.05, 3.63) is 57.8 Å². The smallest absolute Gasteiger partial charge is 0.329 e. The highest BCUT2D eigenvalue weighted by Gasteiger charge is 2.41. The molecule has 7 nitrogen and oxygen atoms in total. The van der Waals surface area contributed by atoms with E-state index in [1.165, 1.54) is 6.92 Å². The number of rotatable bonds is 5. The van der Waals surface area contributed by atoms with Crippen molar-refractivity contribution in [1.29, 1.82) is 5.26 Å². The van der Waals surface area contributed by atoms with Gasteiger partial charge in [-0.25, -0.2) is 4.79 Å². The number of aryl methyl sites for hydroxylation is 1. The molecule has 0 bridgehead atoms. The Morgan fingerprint density at radius 3 is 2.53 bits per heavy atom. The molecule has 30 heavy (non-hydrogen) atoms. The summed E-state index contributed by atoms with van der Waals surface area (Å²) < 4.78 is 6.95. The third-order valence-corrected chi connectivity index (χ3v) is 5.73. The van der Waals surface area contributed by atoms with E-state index in [0.29, 0.717) is 5.56 Å². The summed E-state index contributed by atoms with van der Waals surface area (Å²) in [5, 5.41) is 8.49. The largest absolute Gasteiger partial charge is 0.464 e. The van der Waals surface area contributed by atoms with Crippen LogP contribution in [0.15, 0.2) is 35.2 Å². The number of hydrogen-bond donors (Lipinski definition) is 0. The van der Waals surface area contributed by atoms with Crippen LogP contribution in [-0.2, 0) is 14.3 Å². The minimum Gasteiger partial charge on any atom is -0.464 e. The summed E-state index contributed by atoms with van der Waals surface area (Å²) in [6.07, 6.45) is 1.67. The zero-order valence-corrected chi connectivity index (χ0v) is 17.9. The van der Waals surface area contributed by atoms with Crippen LogP contribution in [0.1, 0.15) is 36.4 Å². The summed E-state index contributed by atoms with van der Waals surface area (Å²) in [5.74, 6) is -1.12. The molecule has 0 unspecified atom stereocenters. The molecule has 0 spiro atoms. The maximum absolute atomic E-state index is 12.8. The minimum atomic E-state index is -0.977. The van der Waals surface area contributed by atoms with Crippen molar-refractivity contribution in [3.63, 3.8) is 0 Å². The molecule has 0 aliphatic carbocycles. The third-order valence-electron chi connectivity index (χ3n) is 4.85. The Bertz CT molecular complexity index is 1090. The van der Waals surface area contributed by atoms with Crippen LogP contribution in [0.5, 0.6) is 0 Å². The Hall–Kier alpha value is -3.31. The highest BCUT2D eigenvalue weighted by atomic mass is 32.2. The van der Waals surface area contributed by atoms with Gasteiger partial charge in [-0.2, -0.15) is 5.26 Å². The van der Waals surface area contributed by atoms with Crippen molar-refractivity contribution >= 4 is 35.0 Å². The molecule has 0 saturated carbocycles. The van der Waals surface area contributed by atoms with Gasteiger partial charge in [0.25, 0.3) is 11.1 Å². The lowest BCUT2D eigenvalue weighted by Gasteiger charge is -2.19. The summed E-state index contributed by atoms with van der Waals surface area (Å²) in [6, 6.07) is 10.3. The summed E-state index contributed by atoms with van der Waals surface area (Å²) >= 11 is 0.810.